The Bertz CT molecular complexity index is 519. The predicted molar refractivity (Wildman–Crippen MR) is 85.8 cm³/mol. The number of benzene rings is 1. The zero-order valence-corrected chi connectivity index (χ0v) is 14.3. The van der Waals surface area contributed by atoms with Crippen molar-refractivity contribution >= 4 is 64.3 Å². The van der Waals surface area contributed by atoms with Crippen LogP contribution in [0.5, 0.6) is 0 Å². The first-order valence-corrected chi connectivity index (χ1v) is 7.46. The number of anilines is 1. The minimum Gasteiger partial charge on any atom is -0.450 e. The van der Waals surface area contributed by atoms with Crippen molar-refractivity contribution in [2.45, 2.75) is 16.9 Å². The summed E-state index contributed by atoms with van der Waals surface area (Å²) in [7, 11) is 0. The van der Waals surface area contributed by atoms with Gasteiger partial charge in [-0.15, -0.1) is 0 Å². The van der Waals surface area contributed by atoms with Gasteiger partial charge in [0.25, 0.3) is 0 Å². The van der Waals surface area contributed by atoms with Crippen LogP contribution in [0.25, 0.3) is 0 Å². The van der Waals surface area contributed by atoms with Gasteiger partial charge in [-0.25, -0.2) is 9.59 Å². The highest BCUT2D eigenvalue weighted by Crippen LogP contribution is 2.31. The Labute approximate surface area is 146 Å². The number of carbonyl (C=O) groups is 2. The van der Waals surface area contributed by atoms with Crippen LogP contribution in [0.2, 0.25) is 5.02 Å². The molecule has 0 saturated heterocycles. The largest absolute Gasteiger partial charge is 0.450 e. The van der Waals surface area contributed by atoms with Crippen LogP contribution in [0.4, 0.5) is 15.3 Å². The van der Waals surface area contributed by atoms with Crippen molar-refractivity contribution < 1.29 is 19.1 Å². The molecule has 1 aromatic carbocycles. The van der Waals surface area contributed by atoms with Crippen molar-refractivity contribution in [1.29, 1.82) is 0 Å². The molecule has 0 aromatic heterocycles. The van der Waals surface area contributed by atoms with Gasteiger partial charge in [-0.05, 0) is 31.2 Å². The van der Waals surface area contributed by atoms with Gasteiger partial charge >= 0.3 is 12.2 Å². The fourth-order valence-corrected chi connectivity index (χ4v) is 1.67. The smallest absolute Gasteiger partial charge is 0.413 e. The summed E-state index contributed by atoms with van der Waals surface area (Å²) >= 11 is 22.7. The molecule has 122 valence electrons. The Morgan fingerprint density at radius 3 is 2.27 bits per heavy atom. The highest BCUT2D eigenvalue weighted by atomic mass is 35.6. The topological polar surface area (TPSA) is 76.7 Å². The lowest BCUT2D eigenvalue weighted by atomic mass is 10.3. The van der Waals surface area contributed by atoms with E-state index >= 15 is 0 Å². The number of alkyl halides is 3. The first-order chi connectivity index (χ1) is 10.2. The molecule has 2 amide bonds. The lowest BCUT2D eigenvalue weighted by Gasteiger charge is -2.24. The maximum atomic E-state index is 11.8. The molecule has 0 saturated carbocycles. The second-order valence-electron chi connectivity index (χ2n) is 3.82. The van der Waals surface area contributed by atoms with E-state index in [2.05, 4.69) is 15.4 Å². The van der Waals surface area contributed by atoms with E-state index in [1.807, 2.05) is 0 Å². The van der Waals surface area contributed by atoms with Crippen molar-refractivity contribution in [3.8, 4) is 0 Å². The lowest BCUT2D eigenvalue weighted by molar-refractivity contribution is 0.0795. The van der Waals surface area contributed by atoms with E-state index in [1.165, 1.54) is 0 Å². The number of hydrogen-bond donors (Lipinski definition) is 2. The van der Waals surface area contributed by atoms with Crippen molar-refractivity contribution in [3.63, 3.8) is 0 Å². The summed E-state index contributed by atoms with van der Waals surface area (Å²) < 4.78 is 7.42. The quantitative estimate of drug-likeness (QED) is 0.593. The standard InChI is InChI=1S/C12H12Cl4N2O4/c1-2-21-10(19)18-9(12(14,15)16)22-11(20)17-8-5-3-7(13)4-6-8/h3-6,9H,2H2,1H3,(H,17,20)(H,18,19). The van der Waals surface area contributed by atoms with Crippen LogP contribution >= 0.6 is 46.4 Å². The first kappa shape index (κ1) is 19.0. The number of nitrogens with one attached hydrogen (secondary N) is 2. The van der Waals surface area contributed by atoms with Gasteiger partial charge in [-0.1, -0.05) is 46.4 Å². The molecule has 0 bridgehead atoms. The molecule has 0 radical (unpaired) electrons. The van der Waals surface area contributed by atoms with E-state index in [0.717, 1.165) is 0 Å². The number of carbonyl (C=O) groups excluding carboxylic acids is 2. The van der Waals surface area contributed by atoms with Crippen molar-refractivity contribution in [1.82, 2.24) is 5.32 Å². The van der Waals surface area contributed by atoms with E-state index in [1.54, 1.807) is 31.2 Å². The minimum atomic E-state index is -2.08. The molecule has 6 nitrogen and oxygen atoms in total. The van der Waals surface area contributed by atoms with Gasteiger partial charge in [0.15, 0.2) is 0 Å². The summed E-state index contributed by atoms with van der Waals surface area (Å²) in [5.41, 5.74) is 0.411. The Kier molecular flexibility index (Phi) is 7.35. The Hall–Kier alpha value is -1.08. The Morgan fingerprint density at radius 2 is 1.77 bits per heavy atom. The molecule has 0 spiro atoms. The maximum Gasteiger partial charge on any atom is 0.413 e. The molecule has 1 unspecified atom stereocenters. The number of alkyl carbamates (subject to hydrolysis) is 1. The Balaban J connectivity index is 2.66. The van der Waals surface area contributed by atoms with Crippen LogP contribution in [0, 0.1) is 0 Å². The molecule has 0 aliphatic heterocycles. The summed E-state index contributed by atoms with van der Waals surface area (Å²) in [5.74, 6) is 0. The van der Waals surface area contributed by atoms with Gasteiger partial charge in [0.1, 0.15) is 0 Å². The average Bonchev–Trinajstić information content (AvgIpc) is 2.40. The molecular formula is C12H12Cl4N2O4. The van der Waals surface area contributed by atoms with Crippen LogP contribution in [-0.4, -0.2) is 28.8 Å². The van der Waals surface area contributed by atoms with Gasteiger partial charge in [0.05, 0.1) is 6.61 Å². The molecule has 0 heterocycles. The zero-order chi connectivity index (χ0) is 16.8. The third-order valence-corrected chi connectivity index (χ3v) is 2.98. The highest BCUT2D eigenvalue weighted by molar-refractivity contribution is 6.68. The van der Waals surface area contributed by atoms with Gasteiger partial charge < -0.3 is 9.47 Å². The zero-order valence-electron chi connectivity index (χ0n) is 11.2. The number of amides is 2. The summed E-state index contributed by atoms with van der Waals surface area (Å²) in [6.07, 6.45) is -3.36. The van der Waals surface area contributed by atoms with Crippen LogP contribution in [0.15, 0.2) is 24.3 Å². The first-order valence-electron chi connectivity index (χ1n) is 5.95. The van der Waals surface area contributed by atoms with Crippen molar-refractivity contribution in [3.05, 3.63) is 29.3 Å². The molecule has 1 aromatic rings. The van der Waals surface area contributed by atoms with E-state index < -0.39 is 22.2 Å². The van der Waals surface area contributed by atoms with Crippen LogP contribution in [0.1, 0.15) is 6.92 Å². The lowest BCUT2D eigenvalue weighted by Crippen LogP contribution is -2.47. The van der Waals surface area contributed by atoms with E-state index in [0.29, 0.717) is 10.7 Å². The van der Waals surface area contributed by atoms with Crippen LogP contribution in [0.3, 0.4) is 0 Å². The normalized spacial score (nSPS) is 12.2. The molecule has 0 aliphatic carbocycles. The minimum absolute atomic E-state index is 0.107. The fourth-order valence-electron chi connectivity index (χ4n) is 1.25. The molecule has 10 heteroatoms. The Morgan fingerprint density at radius 1 is 1.18 bits per heavy atom. The van der Waals surface area contributed by atoms with E-state index in [9.17, 15) is 9.59 Å². The van der Waals surface area contributed by atoms with E-state index in [4.69, 9.17) is 51.1 Å². The van der Waals surface area contributed by atoms with Gasteiger partial charge in [-0.2, -0.15) is 0 Å². The van der Waals surface area contributed by atoms with Gasteiger partial charge in [0.2, 0.25) is 10.0 Å². The number of rotatable bonds is 4. The highest BCUT2D eigenvalue weighted by Gasteiger charge is 2.38. The summed E-state index contributed by atoms with van der Waals surface area (Å²) in [6.45, 7) is 1.70. The maximum absolute atomic E-state index is 11.8. The van der Waals surface area contributed by atoms with E-state index in [-0.39, 0.29) is 6.61 Å². The molecule has 22 heavy (non-hydrogen) atoms. The summed E-state index contributed by atoms with van der Waals surface area (Å²) in [4.78, 5) is 23.1. The second kappa shape index (κ2) is 8.53. The predicted octanol–water partition coefficient (Wildman–Crippen LogP) is 4.33. The molecule has 0 aliphatic rings. The molecule has 0 fully saturated rings. The fraction of sp³-hybridized carbons (Fsp3) is 0.333. The van der Waals surface area contributed by atoms with Crippen molar-refractivity contribution in [2.24, 2.45) is 0 Å². The average molecular weight is 390 g/mol. The molecule has 1 atom stereocenters. The van der Waals surface area contributed by atoms with Crippen LogP contribution in [-0.2, 0) is 9.47 Å². The third-order valence-electron chi connectivity index (χ3n) is 2.14. The molecular weight excluding hydrogens is 378 g/mol. The summed E-state index contributed by atoms with van der Waals surface area (Å²) in [6, 6.07) is 6.24. The summed E-state index contributed by atoms with van der Waals surface area (Å²) in [5, 5.41) is 5.01. The monoisotopic (exact) mass is 388 g/mol. The van der Waals surface area contributed by atoms with Gasteiger partial charge in [0, 0.05) is 10.7 Å². The van der Waals surface area contributed by atoms with Crippen molar-refractivity contribution in [2.75, 3.05) is 11.9 Å². The number of hydrogen-bond acceptors (Lipinski definition) is 4. The third kappa shape index (κ3) is 6.79. The van der Waals surface area contributed by atoms with Gasteiger partial charge in [-0.3, -0.25) is 10.6 Å². The SMILES string of the molecule is CCOC(=O)NC(OC(=O)Nc1ccc(Cl)cc1)C(Cl)(Cl)Cl. The number of halogens is 4. The second-order valence-corrected chi connectivity index (χ2v) is 6.63. The number of ether oxygens (including phenoxy) is 2. The van der Waals surface area contributed by atoms with Crippen LogP contribution < -0.4 is 10.6 Å². The molecule has 2 N–H and O–H groups in total. The molecule has 1 rings (SSSR count).